The van der Waals surface area contributed by atoms with Crippen LogP contribution in [0.5, 0.6) is 0 Å². The van der Waals surface area contributed by atoms with Crippen molar-refractivity contribution in [3.8, 4) is 0 Å². The first-order valence-electron chi connectivity index (χ1n) is 9.75. The average molecular weight is 399 g/mol. The van der Waals surface area contributed by atoms with Gasteiger partial charge in [-0.25, -0.2) is 9.59 Å². The second kappa shape index (κ2) is 7.81. The van der Waals surface area contributed by atoms with Crippen LogP contribution in [0, 0.1) is 0 Å². The Morgan fingerprint density at radius 2 is 1.70 bits per heavy atom. The van der Waals surface area contributed by atoms with Gasteiger partial charge >= 0.3 is 12.2 Å². The lowest BCUT2D eigenvalue weighted by molar-refractivity contribution is -0.126. The van der Waals surface area contributed by atoms with Gasteiger partial charge in [-0.05, 0) is 46.6 Å². The van der Waals surface area contributed by atoms with E-state index in [0.29, 0.717) is 19.6 Å². The first kappa shape index (κ1) is 21.7. The second-order valence-corrected chi connectivity index (χ2v) is 15.4. The Morgan fingerprint density at radius 3 is 2.22 bits per heavy atom. The summed E-state index contributed by atoms with van der Waals surface area (Å²) >= 11 is 0. The number of carbonyl (C=O) groups excluding carboxylic acids is 3. The lowest BCUT2D eigenvalue weighted by Gasteiger charge is -2.45. The maximum atomic E-state index is 12.7. The molecule has 0 spiro atoms. The fourth-order valence-corrected chi connectivity index (χ4v) is 4.47. The summed E-state index contributed by atoms with van der Waals surface area (Å²) in [5.41, 5.74) is -0.602. The van der Waals surface area contributed by atoms with Gasteiger partial charge in [0.25, 0.3) is 0 Å². The van der Waals surface area contributed by atoms with E-state index in [0.717, 1.165) is 12.5 Å². The van der Waals surface area contributed by atoms with E-state index in [1.165, 1.54) is 11.8 Å². The summed E-state index contributed by atoms with van der Waals surface area (Å²) in [4.78, 5) is 40.9. The number of rotatable bonds is 4. The third kappa shape index (κ3) is 5.46. The number of ketones is 1. The molecule has 2 aliphatic rings. The van der Waals surface area contributed by atoms with E-state index >= 15 is 0 Å². The summed E-state index contributed by atoms with van der Waals surface area (Å²) in [7, 11) is -1.31. The number of carbonyl (C=O) groups is 3. The summed E-state index contributed by atoms with van der Waals surface area (Å²) in [5, 5.41) is 0. The normalized spacial score (nSPS) is 25.4. The molecule has 0 radical (unpaired) electrons. The first-order chi connectivity index (χ1) is 12.3. The zero-order chi connectivity index (χ0) is 20.6. The lowest BCUT2D eigenvalue weighted by Crippen LogP contribution is -2.65. The van der Waals surface area contributed by atoms with Crippen molar-refractivity contribution in [3.05, 3.63) is 0 Å². The molecular weight excluding hydrogens is 364 g/mol. The molecule has 0 aromatic carbocycles. The predicted octanol–water partition coefficient (Wildman–Crippen LogP) is 3.50. The smallest absolute Gasteiger partial charge is 0.410 e. The Kier molecular flexibility index (Phi) is 6.29. The van der Waals surface area contributed by atoms with Gasteiger partial charge < -0.3 is 9.47 Å². The Morgan fingerprint density at radius 1 is 1.07 bits per heavy atom. The Bertz CT molecular complexity index is 596. The van der Waals surface area contributed by atoms with Gasteiger partial charge in [-0.3, -0.25) is 14.6 Å². The van der Waals surface area contributed by atoms with Crippen molar-refractivity contribution in [2.45, 2.75) is 89.9 Å². The minimum absolute atomic E-state index is 0.129. The van der Waals surface area contributed by atoms with Crippen molar-refractivity contribution in [2.24, 2.45) is 0 Å². The fraction of sp³-hybridized carbons (Fsp3) is 0.842. The monoisotopic (exact) mass is 398 g/mol. The number of ether oxygens (including phenoxy) is 2. The molecule has 2 heterocycles. The Labute approximate surface area is 163 Å². The molecular formula is C19H34N2O5Si. The van der Waals surface area contributed by atoms with Gasteiger partial charge in [-0.15, -0.1) is 0 Å². The second-order valence-electron chi connectivity index (χ2n) is 9.82. The van der Waals surface area contributed by atoms with Crippen LogP contribution in [0.1, 0.15) is 40.5 Å². The van der Waals surface area contributed by atoms with Crippen LogP contribution in [-0.4, -0.2) is 72.7 Å². The lowest BCUT2D eigenvalue weighted by atomic mass is 10.00. The molecule has 0 N–H and O–H groups in total. The van der Waals surface area contributed by atoms with Gasteiger partial charge in [0.15, 0.2) is 5.78 Å². The Hall–Kier alpha value is -1.57. The predicted molar refractivity (Wildman–Crippen MR) is 106 cm³/mol. The zero-order valence-electron chi connectivity index (χ0n) is 17.7. The highest BCUT2D eigenvalue weighted by Crippen LogP contribution is 2.36. The van der Waals surface area contributed by atoms with E-state index in [1.54, 1.807) is 4.90 Å². The molecule has 3 atom stereocenters. The average Bonchev–Trinajstić information content (AvgIpc) is 2.77. The van der Waals surface area contributed by atoms with Gasteiger partial charge in [-0.2, -0.15) is 0 Å². The van der Waals surface area contributed by atoms with Crippen molar-refractivity contribution in [1.29, 1.82) is 0 Å². The molecule has 0 aliphatic carbocycles. The number of hydrogen-bond donors (Lipinski definition) is 0. The largest absolute Gasteiger partial charge is 0.450 e. The van der Waals surface area contributed by atoms with E-state index < -0.39 is 31.9 Å². The third-order valence-electron chi connectivity index (χ3n) is 4.99. The van der Waals surface area contributed by atoms with Gasteiger partial charge in [0.1, 0.15) is 11.6 Å². The molecule has 2 bridgehead atoms. The van der Waals surface area contributed by atoms with E-state index in [-0.39, 0.29) is 17.9 Å². The Balaban J connectivity index is 2.12. The van der Waals surface area contributed by atoms with Crippen LogP contribution in [0.4, 0.5) is 9.59 Å². The third-order valence-corrected chi connectivity index (χ3v) is 6.69. The number of amides is 2. The summed E-state index contributed by atoms with van der Waals surface area (Å²) in [6.45, 7) is 14.3. The van der Waals surface area contributed by atoms with Crippen LogP contribution in [-0.2, 0) is 14.3 Å². The van der Waals surface area contributed by atoms with Gasteiger partial charge in [0.05, 0.1) is 18.7 Å². The number of hydrogen-bond acceptors (Lipinski definition) is 5. The highest BCUT2D eigenvalue weighted by Gasteiger charge is 2.52. The molecule has 2 rings (SSSR count). The quantitative estimate of drug-likeness (QED) is 0.678. The fourth-order valence-electron chi connectivity index (χ4n) is 3.75. The number of fused-ring (bicyclic) bond motifs is 2. The molecule has 8 heteroatoms. The highest BCUT2D eigenvalue weighted by atomic mass is 28.3. The van der Waals surface area contributed by atoms with Crippen LogP contribution < -0.4 is 0 Å². The first-order valence-corrected chi connectivity index (χ1v) is 13.5. The van der Waals surface area contributed by atoms with Crippen LogP contribution in [0.25, 0.3) is 0 Å². The molecule has 154 valence electrons. The maximum Gasteiger partial charge on any atom is 0.410 e. The van der Waals surface area contributed by atoms with Gasteiger partial charge in [0, 0.05) is 14.6 Å². The number of likely N-dealkylation sites (tertiary alicyclic amines) is 1. The molecule has 2 fully saturated rings. The topological polar surface area (TPSA) is 76.2 Å². The molecule has 0 aromatic heterocycles. The van der Waals surface area contributed by atoms with Crippen molar-refractivity contribution in [1.82, 2.24) is 9.80 Å². The van der Waals surface area contributed by atoms with Crippen LogP contribution in [0.2, 0.25) is 25.7 Å². The van der Waals surface area contributed by atoms with Crippen molar-refractivity contribution >= 4 is 26.0 Å². The highest BCUT2D eigenvalue weighted by molar-refractivity contribution is 6.76. The molecule has 0 unspecified atom stereocenters. The van der Waals surface area contributed by atoms with Crippen molar-refractivity contribution in [3.63, 3.8) is 0 Å². The van der Waals surface area contributed by atoms with E-state index in [9.17, 15) is 14.4 Å². The zero-order valence-corrected chi connectivity index (χ0v) is 18.7. The van der Waals surface area contributed by atoms with E-state index in [4.69, 9.17) is 9.47 Å². The van der Waals surface area contributed by atoms with Crippen LogP contribution in [0.3, 0.4) is 0 Å². The minimum Gasteiger partial charge on any atom is -0.450 e. The summed E-state index contributed by atoms with van der Waals surface area (Å²) in [6.07, 6.45) is 0.585. The van der Waals surface area contributed by atoms with Crippen molar-refractivity contribution < 1.29 is 23.9 Å². The van der Waals surface area contributed by atoms with E-state index in [1.807, 2.05) is 20.8 Å². The van der Waals surface area contributed by atoms with E-state index in [2.05, 4.69) is 19.6 Å². The molecule has 0 saturated carbocycles. The number of Topliss-reactive ketones (excluding diaryl/α,β-unsaturated/α-hetero) is 1. The molecule has 2 amide bonds. The number of nitrogens with zero attached hydrogens (tertiary/aromatic N) is 2. The molecule has 27 heavy (non-hydrogen) atoms. The summed E-state index contributed by atoms with van der Waals surface area (Å²) in [6, 6.07) is -0.268. The molecule has 2 aliphatic heterocycles. The van der Waals surface area contributed by atoms with Crippen LogP contribution in [0.15, 0.2) is 0 Å². The summed E-state index contributed by atoms with van der Waals surface area (Å²) in [5.74, 6) is -0.129. The van der Waals surface area contributed by atoms with Crippen molar-refractivity contribution in [2.75, 3.05) is 13.2 Å². The molecule has 2 saturated heterocycles. The standard InChI is InChI=1S/C19H34N2O5Si/c1-13(22)16-15-9-8-14(21(15)18(24)26-19(2,3)4)12-20(16)17(23)25-10-11-27(5,6)7/h14-16H,8-12H2,1-7H3/t14-,15+,16-/m1/s1. The van der Waals surface area contributed by atoms with Gasteiger partial charge in [0.2, 0.25) is 0 Å². The van der Waals surface area contributed by atoms with Gasteiger partial charge in [-0.1, -0.05) is 19.6 Å². The molecule has 0 aromatic rings. The van der Waals surface area contributed by atoms with Crippen LogP contribution >= 0.6 is 0 Å². The molecule has 7 nitrogen and oxygen atoms in total. The minimum atomic E-state index is -1.31. The SMILES string of the molecule is CC(=O)[C@@H]1[C@@H]2CC[C@H](CN1C(=O)OCC[Si](C)(C)C)N2C(=O)OC(C)(C)C. The number of piperazine rings is 1. The maximum absolute atomic E-state index is 12.7. The summed E-state index contributed by atoms with van der Waals surface area (Å²) < 4.78 is 11.0.